The first-order chi connectivity index (χ1) is 15.0. The van der Waals surface area contributed by atoms with Crippen molar-refractivity contribution in [2.45, 2.75) is 18.9 Å². The summed E-state index contributed by atoms with van der Waals surface area (Å²) in [5, 5.41) is 9.54. The lowest BCUT2D eigenvalue weighted by Crippen LogP contribution is -2.44. The zero-order valence-corrected chi connectivity index (χ0v) is 17.0. The number of fused-ring (bicyclic) bond motifs is 3. The number of ether oxygens (including phenoxy) is 1. The van der Waals surface area contributed by atoms with Crippen LogP contribution >= 0.6 is 0 Å². The number of hydrogen-bond donors (Lipinski definition) is 1. The smallest absolute Gasteiger partial charge is 0.415 e. The van der Waals surface area contributed by atoms with Crippen molar-refractivity contribution in [2.75, 3.05) is 11.5 Å². The van der Waals surface area contributed by atoms with Crippen molar-refractivity contribution in [2.24, 2.45) is 0 Å². The molecule has 3 aromatic rings. The van der Waals surface area contributed by atoms with Gasteiger partial charge in [-0.05, 0) is 47.4 Å². The second-order valence-corrected chi connectivity index (χ2v) is 7.38. The lowest BCUT2D eigenvalue weighted by Gasteiger charge is -2.27. The molecule has 0 aliphatic heterocycles. The van der Waals surface area contributed by atoms with E-state index in [1.165, 1.54) is 6.92 Å². The van der Waals surface area contributed by atoms with Crippen LogP contribution in [0, 0.1) is 12.3 Å². The highest BCUT2D eigenvalue weighted by atomic mass is 16.6. The van der Waals surface area contributed by atoms with Gasteiger partial charge in [-0.1, -0.05) is 60.5 Å². The Balaban J connectivity index is 1.61. The van der Waals surface area contributed by atoms with Gasteiger partial charge in [-0.25, -0.2) is 9.59 Å². The van der Waals surface area contributed by atoms with Gasteiger partial charge in [0.15, 0.2) is 0 Å². The number of carboxylic acids is 1. The number of nitrogens with zero attached hydrogens (tertiary/aromatic N) is 1. The minimum absolute atomic E-state index is 0.102. The van der Waals surface area contributed by atoms with Crippen LogP contribution in [0.1, 0.15) is 29.5 Å². The molecule has 1 aliphatic carbocycles. The van der Waals surface area contributed by atoms with Crippen molar-refractivity contribution >= 4 is 17.7 Å². The summed E-state index contributed by atoms with van der Waals surface area (Å²) in [5.74, 6) is 1.25. The molecule has 0 aromatic heterocycles. The number of aliphatic carboxylic acids is 1. The Bertz CT molecular complexity index is 1150. The van der Waals surface area contributed by atoms with Gasteiger partial charge >= 0.3 is 12.1 Å². The van der Waals surface area contributed by atoms with Crippen LogP contribution < -0.4 is 4.90 Å². The van der Waals surface area contributed by atoms with Crippen molar-refractivity contribution in [3.05, 3.63) is 89.5 Å². The third kappa shape index (κ3) is 3.76. The van der Waals surface area contributed by atoms with E-state index in [4.69, 9.17) is 11.2 Å². The van der Waals surface area contributed by atoms with Crippen molar-refractivity contribution in [1.29, 1.82) is 0 Å². The minimum Gasteiger partial charge on any atom is -0.480 e. The average molecular weight is 411 g/mol. The number of terminal acetylenes is 1. The maximum Gasteiger partial charge on any atom is 0.415 e. The van der Waals surface area contributed by atoms with E-state index in [1.807, 2.05) is 36.4 Å². The summed E-state index contributed by atoms with van der Waals surface area (Å²) in [6.45, 7) is 1.54. The van der Waals surface area contributed by atoms with Crippen molar-refractivity contribution in [3.63, 3.8) is 0 Å². The van der Waals surface area contributed by atoms with Crippen LogP contribution in [-0.4, -0.2) is 29.8 Å². The molecule has 1 unspecified atom stereocenters. The Hall–Kier alpha value is -4.04. The first-order valence-corrected chi connectivity index (χ1v) is 9.95. The van der Waals surface area contributed by atoms with E-state index in [2.05, 4.69) is 18.1 Å². The fraction of sp³-hybridized carbons (Fsp3) is 0.154. The third-order valence-corrected chi connectivity index (χ3v) is 5.57. The second kappa shape index (κ2) is 8.37. The normalized spacial score (nSPS) is 12.9. The number of amides is 1. The molecular weight excluding hydrogens is 390 g/mol. The fourth-order valence-electron chi connectivity index (χ4n) is 4.01. The molecule has 0 radical (unpaired) electrons. The Morgan fingerprint density at radius 3 is 2.23 bits per heavy atom. The summed E-state index contributed by atoms with van der Waals surface area (Å²) >= 11 is 0. The molecule has 0 bridgehead atoms. The van der Waals surface area contributed by atoms with Gasteiger partial charge < -0.3 is 9.84 Å². The maximum absolute atomic E-state index is 13.1. The molecule has 1 N–H and O–H groups in total. The van der Waals surface area contributed by atoms with Gasteiger partial charge in [-0.15, -0.1) is 6.42 Å². The highest BCUT2D eigenvalue weighted by Gasteiger charge is 2.32. The Morgan fingerprint density at radius 1 is 1.03 bits per heavy atom. The topological polar surface area (TPSA) is 66.8 Å². The fourth-order valence-corrected chi connectivity index (χ4v) is 4.01. The molecule has 0 saturated heterocycles. The predicted octanol–water partition coefficient (Wildman–Crippen LogP) is 4.90. The third-order valence-electron chi connectivity index (χ3n) is 5.57. The number of hydrogen-bond acceptors (Lipinski definition) is 3. The van der Waals surface area contributed by atoms with Gasteiger partial charge in [0.25, 0.3) is 0 Å². The first kappa shape index (κ1) is 20.2. The minimum atomic E-state index is -1.14. The Kier molecular flexibility index (Phi) is 5.46. The van der Waals surface area contributed by atoms with E-state index in [9.17, 15) is 14.7 Å². The zero-order valence-electron chi connectivity index (χ0n) is 17.0. The van der Waals surface area contributed by atoms with E-state index in [0.29, 0.717) is 11.3 Å². The lowest BCUT2D eigenvalue weighted by atomic mass is 9.98. The quantitative estimate of drug-likeness (QED) is 0.607. The van der Waals surface area contributed by atoms with Crippen molar-refractivity contribution < 1.29 is 19.4 Å². The molecule has 4 rings (SSSR count). The molecule has 5 heteroatoms. The predicted molar refractivity (Wildman–Crippen MR) is 119 cm³/mol. The molecule has 0 spiro atoms. The Labute approximate surface area is 180 Å². The van der Waals surface area contributed by atoms with Crippen molar-refractivity contribution in [1.82, 2.24) is 0 Å². The standard InChI is InChI=1S/C26H21NO4/c1-3-18-9-8-10-19(15-18)27(17(2)25(28)29)26(30)31-16-24-22-13-6-4-11-20(22)21-12-5-7-14-23(21)24/h1,4-15,17,24H,16H2,2H3,(H,28,29). The number of carbonyl (C=O) groups excluding carboxylic acids is 1. The zero-order chi connectivity index (χ0) is 22.0. The molecular formula is C26H21NO4. The molecule has 1 aliphatic rings. The molecule has 154 valence electrons. The first-order valence-electron chi connectivity index (χ1n) is 9.95. The molecule has 0 fully saturated rings. The summed E-state index contributed by atoms with van der Waals surface area (Å²) in [6.07, 6.45) is 4.73. The highest BCUT2D eigenvalue weighted by Crippen LogP contribution is 2.44. The van der Waals surface area contributed by atoms with Crippen LogP contribution in [0.5, 0.6) is 0 Å². The summed E-state index contributed by atoms with van der Waals surface area (Å²) < 4.78 is 5.67. The largest absolute Gasteiger partial charge is 0.480 e. The van der Waals surface area contributed by atoms with Crippen LogP contribution in [0.15, 0.2) is 72.8 Å². The molecule has 0 saturated carbocycles. The molecule has 1 atom stereocenters. The van der Waals surface area contributed by atoms with Crippen LogP contribution in [0.2, 0.25) is 0 Å². The van der Waals surface area contributed by atoms with Crippen molar-refractivity contribution in [3.8, 4) is 23.5 Å². The van der Waals surface area contributed by atoms with Gasteiger partial charge in [0.2, 0.25) is 0 Å². The molecule has 1 amide bonds. The van der Waals surface area contributed by atoms with Gasteiger partial charge in [0, 0.05) is 17.2 Å². The van der Waals surface area contributed by atoms with E-state index in [-0.39, 0.29) is 12.5 Å². The average Bonchev–Trinajstić information content (AvgIpc) is 3.11. The molecule has 31 heavy (non-hydrogen) atoms. The summed E-state index contributed by atoms with van der Waals surface area (Å²) in [5.41, 5.74) is 5.34. The Morgan fingerprint density at radius 2 is 1.65 bits per heavy atom. The number of benzene rings is 3. The van der Waals surface area contributed by atoms with Gasteiger partial charge in [0.05, 0.1) is 0 Å². The SMILES string of the molecule is C#Cc1cccc(N(C(=O)OCC2c3ccccc3-c3ccccc32)C(C)C(=O)O)c1. The van der Waals surface area contributed by atoms with E-state index in [0.717, 1.165) is 27.2 Å². The maximum atomic E-state index is 13.1. The van der Waals surface area contributed by atoms with Gasteiger partial charge in [0.1, 0.15) is 12.6 Å². The molecule has 5 nitrogen and oxygen atoms in total. The van der Waals surface area contributed by atoms with Crippen LogP contribution in [0.25, 0.3) is 11.1 Å². The number of rotatable bonds is 5. The van der Waals surface area contributed by atoms with Gasteiger partial charge in [-0.3, -0.25) is 4.90 Å². The number of anilines is 1. The van der Waals surface area contributed by atoms with E-state index in [1.54, 1.807) is 24.3 Å². The van der Waals surface area contributed by atoms with E-state index < -0.39 is 18.1 Å². The summed E-state index contributed by atoms with van der Waals surface area (Å²) in [4.78, 5) is 25.9. The summed E-state index contributed by atoms with van der Waals surface area (Å²) in [6, 6.07) is 21.6. The summed E-state index contributed by atoms with van der Waals surface area (Å²) in [7, 11) is 0. The number of carboxylic acid groups (broad SMARTS) is 1. The second-order valence-electron chi connectivity index (χ2n) is 7.38. The lowest BCUT2D eigenvalue weighted by molar-refractivity contribution is -0.138. The molecule has 0 heterocycles. The highest BCUT2D eigenvalue weighted by molar-refractivity contribution is 5.95. The van der Waals surface area contributed by atoms with Gasteiger partial charge in [-0.2, -0.15) is 0 Å². The van der Waals surface area contributed by atoms with Crippen LogP contribution in [0.4, 0.5) is 10.5 Å². The van der Waals surface area contributed by atoms with E-state index >= 15 is 0 Å². The van der Waals surface area contributed by atoms with Crippen LogP contribution in [0.3, 0.4) is 0 Å². The number of carbonyl (C=O) groups is 2. The van der Waals surface area contributed by atoms with Crippen LogP contribution in [-0.2, 0) is 9.53 Å². The molecule has 3 aromatic carbocycles. The monoisotopic (exact) mass is 411 g/mol.